The first kappa shape index (κ1) is 12.7. The van der Waals surface area contributed by atoms with Crippen LogP contribution in [0.15, 0.2) is 0 Å². The van der Waals surface area contributed by atoms with E-state index in [0.29, 0.717) is 0 Å². The average Bonchev–Trinajstić information content (AvgIpc) is 1.21. The van der Waals surface area contributed by atoms with E-state index in [1.54, 1.807) is 0 Å². The average molecular weight is 213 g/mol. The van der Waals surface area contributed by atoms with Crippen molar-refractivity contribution in [3.63, 3.8) is 0 Å². The predicted octanol–water partition coefficient (Wildman–Crippen LogP) is -2.02. The van der Waals surface area contributed by atoms with E-state index in [1.807, 2.05) is 0 Å². The molecule has 0 saturated carbocycles. The van der Waals surface area contributed by atoms with Gasteiger partial charge in [0.1, 0.15) is 0 Å². The first-order chi connectivity index (χ1) is 3.42. The van der Waals surface area contributed by atoms with Gasteiger partial charge in [0.2, 0.25) is 0 Å². The van der Waals surface area contributed by atoms with Gasteiger partial charge in [-0.05, 0) is 0 Å². The van der Waals surface area contributed by atoms with E-state index in [1.165, 1.54) is 0 Å². The van der Waals surface area contributed by atoms with Crippen LogP contribution in [-0.2, 0) is 11.5 Å². The summed E-state index contributed by atoms with van der Waals surface area (Å²) in [5.74, 6) is 0. The van der Waals surface area contributed by atoms with Crippen molar-refractivity contribution < 1.29 is 20.8 Å². The molecule has 0 aromatic rings. The van der Waals surface area contributed by atoms with Crippen molar-refractivity contribution in [2.75, 3.05) is 0 Å². The van der Waals surface area contributed by atoms with Gasteiger partial charge in [-0.15, -0.1) is 0 Å². The third-order valence-corrected chi connectivity index (χ3v) is 1.36. The SMILES string of the molecule is CC(O)O[Se](=O)(=O)O.[NaH]. The van der Waals surface area contributed by atoms with Crippen LogP contribution in [0.4, 0.5) is 0 Å². The second kappa shape index (κ2) is 4.76. The molecule has 0 amide bonds. The summed E-state index contributed by atoms with van der Waals surface area (Å²) >= 11 is -5.13. The predicted molar refractivity (Wildman–Crippen MR) is 29.3 cm³/mol. The molecule has 0 radical (unpaired) electrons. The molecule has 1 unspecified atom stereocenters. The molecule has 2 N–H and O–H groups in total. The zero-order valence-electron chi connectivity index (χ0n) is 4.10. The third kappa shape index (κ3) is 12.2. The summed E-state index contributed by atoms with van der Waals surface area (Å²) in [7, 11) is 0. The molecule has 0 aliphatic heterocycles. The summed E-state index contributed by atoms with van der Waals surface area (Å²) in [6.07, 6.45) is -1.46. The van der Waals surface area contributed by atoms with Crippen molar-refractivity contribution in [2.24, 2.45) is 0 Å². The van der Waals surface area contributed by atoms with Crippen molar-refractivity contribution in [1.82, 2.24) is 0 Å². The van der Waals surface area contributed by atoms with E-state index in [9.17, 15) is 7.67 Å². The molecule has 52 valence electrons. The second-order valence-electron chi connectivity index (χ2n) is 1.12. The standard InChI is InChI=1S/C2H6O5Se.Na.H/c1-2(3)7-8(4,5)6;;/h2-3H,1H3,(H,4,5,6);;. The molecular formula is C2H7NaO5Se. The van der Waals surface area contributed by atoms with E-state index in [-0.39, 0.29) is 29.6 Å². The van der Waals surface area contributed by atoms with Gasteiger partial charge in [-0.2, -0.15) is 0 Å². The van der Waals surface area contributed by atoms with Crippen molar-refractivity contribution in [3.05, 3.63) is 0 Å². The molecular weight excluding hydrogens is 206 g/mol. The van der Waals surface area contributed by atoms with Gasteiger partial charge in [0.15, 0.2) is 0 Å². The minimum absolute atomic E-state index is 0. The van der Waals surface area contributed by atoms with Crippen LogP contribution in [0.25, 0.3) is 0 Å². The Hall–Kier alpha value is 0.999. The first-order valence-electron chi connectivity index (χ1n) is 1.75. The topological polar surface area (TPSA) is 83.8 Å². The van der Waals surface area contributed by atoms with Gasteiger partial charge >= 0.3 is 76.9 Å². The number of aliphatic hydroxyl groups is 1. The Balaban J connectivity index is 0. The van der Waals surface area contributed by atoms with E-state index in [0.717, 1.165) is 6.92 Å². The number of aliphatic hydroxyl groups excluding tert-OH is 1. The van der Waals surface area contributed by atoms with Crippen LogP contribution in [0.5, 0.6) is 0 Å². The normalized spacial score (nSPS) is 14.1. The van der Waals surface area contributed by atoms with Crippen molar-refractivity contribution >= 4 is 42.9 Å². The summed E-state index contributed by atoms with van der Waals surface area (Å²) in [4.78, 5) is 0. The quantitative estimate of drug-likeness (QED) is 0.408. The van der Waals surface area contributed by atoms with Crippen LogP contribution in [0.1, 0.15) is 6.92 Å². The third-order valence-electron chi connectivity index (χ3n) is 0.261. The first-order valence-corrected chi connectivity index (χ1v) is 4.62. The van der Waals surface area contributed by atoms with Crippen LogP contribution < -0.4 is 0 Å². The van der Waals surface area contributed by atoms with Gasteiger partial charge < -0.3 is 0 Å². The Labute approximate surface area is 76.6 Å². The Morgan fingerprint density at radius 2 is 1.89 bits per heavy atom. The van der Waals surface area contributed by atoms with Crippen molar-refractivity contribution in [3.8, 4) is 0 Å². The fourth-order valence-corrected chi connectivity index (χ4v) is 0.914. The molecule has 0 bridgehead atoms. The maximum atomic E-state index is 9.69. The molecule has 0 aromatic heterocycles. The molecule has 0 aliphatic rings. The zero-order chi connectivity index (χ0) is 6.78. The molecule has 0 saturated heterocycles. The zero-order valence-corrected chi connectivity index (χ0v) is 5.82. The summed E-state index contributed by atoms with van der Waals surface area (Å²) in [6, 6.07) is 0. The molecule has 7 heteroatoms. The molecule has 0 spiro atoms. The van der Waals surface area contributed by atoms with Crippen LogP contribution in [0, 0.1) is 0 Å². The molecule has 0 fully saturated rings. The van der Waals surface area contributed by atoms with Crippen molar-refractivity contribution in [1.29, 1.82) is 0 Å². The van der Waals surface area contributed by atoms with Crippen LogP contribution in [0.3, 0.4) is 0 Å². The van der Waals surface area contributed by atoms with E-state index in [2.05, 4.69) is 3.82 Å². The molecule has 0 aliphatic carbocycles. The summed E-state index contributed by atoms with van der Waals surface area (Å²) in [5, 5.41) is 8.14. The second-order valence-corrected chi connectivity index (χ2v) is 3.32. The van der Waals surface area contributed by atoms with Gasteiger partial charge in [0.25, 0.3) is 0 Å². The molecule has 9 heavy (non-hydrogen) atoms. The fourth-order valence-electron chi connectivity index (χ4n) is 0.176. The van der Waals surface area contributed by atoms with Crippen LogP contribution in [-0.4, -0.2) is 58.5 Å². The fraction of sp³-hybridized carbons (Fsp3) is 1.00. The minimum atomic E-state index is -5.13. The monoisotopic (exact) mass is 214 g/mol. The van der Waals surface area contributed by atoms with Gasteiger partial charge in [-0.25, -0.2) is 0 Å². The molecule has 0 heterocycles. The van der Waals surface area contributed by atoms with Gasteiger partial charge in [0.05, 0.1) is 0 Å². The van der Waals surface area contributed by atoms with E-state index >= 15 is 0 Å². The molecule has 0 rings (SSSR count). The van der Waals surface area contributed by atoms with Gasteiger partial charge in [-0.3, -0.25) is 0 Å². The maximum absolute atomic E-state index is 9.69. The van der Waals surface area contributed by atoms with Crippen molar-refractivity contribution in [2.45, 2.75) is 13.2 Å². The number of hydrogen-bond donors (Lipinski definition) is 2. The Morgan fingerprint density at radius 3 is 1.89 bits per heavy atom. The Morgan fingerprint density at radius 1 is 1.56 bits per heavy atom. The van der Waals surface area contributed by atoms with Crippen LogP contribution in [0.2, 0.25) is 0 Å². The Bertz CT molecular complexity index is 148. The van der Waals surface area contributed by atoms with E-state index in [4.69, 9.17) is 9.30 Å². The number of rotatable bonds is 2. The summed E-state index contributed by atoms with van der Waals surface area (Å²) in [5.41, 5.74) is 0. The van der Waals surface area contributed by atoms with Crippen LogP contribution >= 0.6 is 0 Å². The van der Waals surface area contributed by atoms with E-state index < -0.39 is 19.7 Å². The number of hydrogen-bond acceptors (Lipinski definition) is 4. The molecule has 0 aromatic carbocycles. The van der Waals surface area contributed by atoms with Gasteiger partial charge in [-0.1, -0.05) is 0 Å². The van der Waals surface area contributed by atoms with Gasteiger partial charge in [0, 0.05) is 0 Å². The Kier molecular flexibility index (Phi) is 6.69. The summed E-state index contributed by atoms with van der Waals surface area (Å²) < 4.78 is 30.8. The molecule has 5 nitrogen and oxygen atoms in total. The molecule has 1 atom stereocenters. The summed E-state index contributed by atoms with van der Waals surface area (Å²) in [6.45, 7) is 1.08.